The van der Waals surface area contributed by atoms with Gasteiger partial charge >= 0.3 is 5.69 Å². The first-order valence-corrected chi connectivity index (χ1v) is 10.9. The van der Waals surface area contributed by atoms with E-state index in [0.29, 0.717) is 34.3 Å². The third kappa shape index (κ3) is 4.31. The minimum Gasteiger partial charge on any atom is -0.382 e. The Hall–Kier alpha value is -3.72. The number of aryl methyl sites for hydroxylation is 1. The van der Waals surface area contributed by atoms with Gasteiger partial charge in [-0.25, -0.2) is 19.3 Å². The average Bonchev–Trinajstić information content (AvgIpc) is 3.56. The number of amides is 1. The number of nitrogens with two attached hydrogens (primary N) is 1. The van der Waals surface area contributed by atoms with E-state index in [1.165, 1.54) is 28.3 Å². The van der Waals surface area contributed by atoms with Crippen molar-refractivity contribution in [2.45, 2.75) is 32.7 Å². The molecule has 1 aliphatic rings. The van der Waals surface area contributed by atoms with Crippen LogP contribution in [0.1, 0.15) is 25.3 Å². The van der Waals surface area contributed by atoms with Gasteiger partial charge in [0.05, 0.1) is 5.69 Å². The van der Waals surface area contributed by atoms with Gasteiger partial charge in [-0.2, -0.15) is 0 Å². The molecule has 0 unspecified atom stereocenters. The summed E-state index contributed by atoms with van der Waals surface area (Å²) in [6, 6.07) is 6.19. The Morgan fingerprint density at radius 3 is 2.67 bits per heavy atom. The Kier molecular flexibility index (Phi) is 5.90. The molecule has 1 amide bonds. The summed E-state index contributed by atoms with van der Waals surface area (Å²) < 4.78 is 2.87. The standard InChI is InChI=1S/C24H29N7O2/c1-15(2)30-21-22(25)26-14-27-23(21)31(24(30)33)19-12-16(3)11-18(13-19)29(5)20(32)7-6-10-28(4)17-8-9-17/h6-7,11-14,17H,1,8-10H2,2-5H3,(H2,25,26,27)/b7-6+. The first-order chi connectivity index (χ1) is 15.7. The largest absolute Gasteiger partial charge is 0.382 e. The molecule has 1 saturated carbocycles. The maximum absolute atomic E-state index is 13.3. The van der Waals surface area contributed by atoms with Crippen LogP contribution >= 0.6 is 0 Å². The summed E-state index contributed by atoms with van der Waals surface area (Å²) in [6.45, 7) is 8.27. The molecule has 9 heteroatoms. The van der Waals surface area contributed by atoms with Crippen LogP contribution < -0.4 is 16.3 Å². The Bertz CT molecular complexity index is 1330. The van der Waals surface area contributed by atoms with Gasteiger partial charge in [0.15, 0.2) is 11.5 Å². The van der Waals surface area contributed by atoms with E-state index in [-0.39, 0.29) is 17.4 Å². The van der Waals surface area contributed by atoms with Crippen LogP contribution in [0.3, 0.4) is 0 Å². The van der Waals surface area contributed by atoms with E-state index in [9.17, 15) is 9.59 Å². The zero-order valence-electron chi connectivity index (χ0n) is 19.4. The number of likely N-dealkylation sites (N-methyl/N-ethyl adjacent to an activating group) is 2. The summed E-state index contributed by atoms with van der Waals surface area (Å²) in [7, 11) is 3.79. The summed E-state index contributed by atoms with van der Waals surface area (Å²) in [5.74, 6) is 0.0550. The van der Waals surface area contributed by atoms with Crippen LogP contribution in [-0.2, 0) is 4.79 Å². The second kappa shape index (κ2) is 8.67. The van der Waals surface area contributed by atoms with Crippen LogP contribution in [0.4, 0.5) is 11.5 Å². The summed E-state index contributed by atoms with van der Waals surface area (Å²) in [4.78, 5) is 38.3. The number of hydrogen-bond acceptors (Lipinski definition) is 6. The number of allylic oxidation sites excluding steroid dienone is 1. The van der Waals surface area contributed by atoms with E-state index < -0.39 is 0 Å². The van der Waals surface area contributed by atoms with Gasteiger partial charge in [0.25, 0.3) is 0 Å². The van der Waals surface area contributed by atoms with Crippen molar-refractivity contribution in [3.8, 4) is 5.69 Å². The zero-order chi connectivity index (χ0) is 23.9. The minimum absolute atomic E-state index is 0.140. The van der Waals surface area contributed by atoms with Crippen molar-refractivity contribution in [1.82, 2.24) is 24.0 Å². The molecule has 3 aromatic rings. The van der Waals surface area contributed by atoms with Gasteiger partial charge < -0.3 is 10.6 Å². The fraction of sp³-hybridized carbons (Fsp3) is 0.333. The Morgan fingerprint density at radius 2 is 2.00 bits per heavy atom. The van der Waals surface area contributed by atoms with Crippen molar-refractivity contribution < 1.29 is 4.79 Å². The number of anilines is 2. The normalized spacial score (nSPS) is 13.8. The van der Waals surface area contributed by atoms with Crippen molar-refractivity contribution in [3.63, 3.8) is 0 Å². The monoisotopic (exact) mass is 447 g/mol. The van der Waals surface area contributed by atoms with Crippen molar-refractivity contribution in [2.24, 2.45) is 0 Å². The second-order valence-corrected chi connectivity index (χ2v) is 8.62. The molecule has 1 aromatic carbocycles. The number of nitrogen functional groups attached to an aromatic ring is 1. The lowest BCUT2D eigenvalue weighted by Gasteiger charge is -2.18. The lowest BCUT2D eigenvalue weighted by molar-refractivity contribution is -0.113. The number of hydrogen-bond donors (Lipinski definition) is 1. The zero-order valence-corrected chi connectivity index (χ0v) is 19.4. The summed E-state index contributed by atoms with van der Waals surface area (Å²) in [6.07, 6.45) is 7.25. The third-order valence-corrected chi connectivity index (χ3v) is 5.88. The van der Waals surface area contributed by atoms with Gasteiger partial charge in [-0.1, -0.05) is 12.7 Å². The molecular formula is C24H29N7O2. The van der Waals surface area contributed by atoms with E-state index in [0.717, 1.165) is 12.1 Å². The van der Waals surface area contributed by atoms with E-state index >= 15 is 0 Å². The number of fused-ring (bicyclic) bond motifs is 1. The smallest absolute Gasteiger partial charge is 0.339 e. The van der Waals surface area contributed by atoms with E-state index in [2.05, 4.69) is 28.5 Å². The topological polar surface area (TPSA) is 102 Å². The molecule has 0 spiro atoms. The van der Waals surface area contributed by atoms with E-state index in [1.54, 1.807) is 31.0 Å². The number of imidazole rings is 1. The van der Waals surface area contributed by atoms with Crippen LogP contribution in [0.25, 0.3) is 22.5 Å². The lowest BCUT2D eigenvalue weighted by Crippen LogP contribution is -2.26. The van der Waals surface area contributed by atoms with Crippen LogP contribution in [-0.4, -0.2) is 56.6 Å². The third-order valence-electron chi connectivity index (χ3n) is 5.88. The Balaban J connectivity index is 1.72. The van der Waals surface area contributed by atoms with Crippen molar-refractivity contribution in [2.75, 3.05) is 31.3 Å². The maximum Gasteiger partial charge on any atom is 0.339 e. The molecule has 0 bridgehead atoms. The SMILES string of the molecule is C=C(C)n1c(=O)n(-c2cc(C)cc(N(C)C(=O)/C=C/CN(C)C3CC3)c2)c2ncnc(N)c21. The highest BCUT2D eigenvalue weighted by atomic mass is 16.2. The predicted octanol–water partition coefficient (Wildman–Crippen LogP) is 2.58. The fourth-order valence-electron chi connectivity index (χ4n) is 3.92. The van der Waals surface area contributed by atoms with Gasteiger partial charge in [-0.15, -0.1) is 0 Å². The molecule has 0 radical (unpaired) electrons. The number of rotatable bonds is 7. The Morgan fingerprint density at radius 1 is 1.27 bits per heavy atom. The Labute approximate surface area is 192 Å². The quantitative estimate of drug-likeness (QED) is 0.559. The highest BCUT2D eigenvalue weighted by molar-refractivity contribution is 6.01. The molecule has 2 aromatic heterocycles. The molecule has 9 nitrogen and oxygen atoms in total. The molecule has 1 aliphatic carbocycles. The van der Waals surface area contributed by atoms with Crippen LogP contribution in [0, 0.1) is 6.92 Å². The van der Waals surface area contributed by atoms with Gasteiger partial charge in [0, 0.05) is 37.1 Å². The fourth-order valence-corrected chi connectivity index (χ4v) is 3.92. The maximum atomic E-state index is 13.3. The van der Waals surface area contributed by atoms with Crippen molar-refractivity contribution in [1.29, 1.82) is 0 Å². The molecule has 33 heavy (non-hydrogen) atoms. The number of carbonyl (C=O) groups is 1. The van der Waals surface area contributed by atoms with Gasteiger partial charge in [-0.05, 0) is 57.5 Å². The molecule has 1 fully saturated rings. The molecule has 2 heterocycles. The first kappa shape index (κ1) is 22.5. The summed E-state index contributed by atoms with van der Waals surface area (Å²) in [5.41, 5.74) is 9.15. The molecule has 0 aliphatic heterocycles. The molecular weight excluding hydrogens is 418 g/mol. The van der Waals surface area contributed by atoms with Crippen LogP contribution in [0.2, 0.25) is 0 Å². The first-order valence-electron chi connectivity index (χ1n) is 10.9. The highest BCUT2D eigenvalue weighted by Gasteiger charge is 2.25. The molecule has 0 atom stereocenters. The van der Waals surface area contributed by atoms with E-state index in [1.807, 2.05) is 25.1 Å². The second-order valence-electron chi connectivity index (χ2n) is 8.62. The molecule has 2 N–H and O–H groups in total. The van der Waals surface area contributed by atoms with E-state index in [4.69, 9.17) is 5.73 Å². The average molecular weight is 448 g/mol. The number of benzene rings is 1. The lowest BCUT2D eigenvalue weighted by atomic mass is 10.1. The number of aromatic nitrogens is 4. The van der Waals surface area contributed by atoms with Crippen LogP contribution in [0.5, 0.6) is 0 Å². The number of carbonyl (C=O) groups excluding carboxylic acids is 1. The van der Waals surface area contributed by atoms with Crippen LogP contribution in [0.15, 0.2) is 48.1 Å². The summed E-state index contributed by atoms with van der Waals surface area (Å²) >= 11 is 0. The van der Waals surface area contributed by atoms with Crippen molar-refractivity contribution in [3.05, 3.63) is 59.3 Å². The van der Waals surface area contributed by atoms with Gasteiger partial charge in [0.2, 0.25) is 5.91 Å². The molecule has 4 rings (SSSR count). The molecule has 0 saturated heterocycles. The van der Waals surface area contributed by atoms with Gasteiger partial charge in [-0.3, -0.25) is 14.3 Å². The number of nitrogens with zero attached hydrogens (tertiary/aromatic N) is 6. The predicted molar refractivity (Wildman–Crippen MR) is 131 cm³/mol. The summed E-state index contributed by atoms with van der Waals surface area (Å²) in [5, 5.41) is 0. The van der Waals surface area contributed by atoms with Gasteiger partial charge in [0.1, 0.15) is 11.8 Å². The molecule has 172 valence electrons. The minimum atomic E-state index is -0.349. The van der Waals surface area contributed by atoms with Crippen molar-refractivity contribution >= 4 is 34.3 Å². The highest BCUT2D eigenvalue weighted by Crippen LogP contribution is 2.26.